The van der Waals surface area contributed by atoms with Crippen molar-refractivity contribution in [3.63, 3.8) is 0 Å². The van der Waals surface area contributed by atoms with Crippen LogP contribution in [0.1, 0.15) is 77.9 Å². The van der Waals surface area contributed by atoms with Crippen molar-refractivity contribution >= 4 is 11.9 Å². The Balaban J connectivity index is 1.56. The maximum atomic E-state index is 14.3. The van der Waals surface area contributed by atoms with E-state index in [2.05, 4.69) is 0 Å². The fourth-order valence-electron chi connectivity index (χ4n) is 5.85. The van der Waals surface area contributed by atoms with Crippen molar-refractivity contribution in [2.24, 2.45) is 0 Å². The minimum atomic E-state index is -4.81. The SMILES string of the molecule is O=C(OC1=CCCC1)C1c2ccccc2C(=O)N(Cc2ccc(C(F)(F)F)c(F)c2)C12CCCC2. The summed E-state index contributed by atoms with van der Waals surface area (Å²) in [6, 6.07) is 9.64. The van der Waals surface area contributed by atoms with Gasteiger partial charge in [-0.05, 0) is 61.1 Å². The van der Waals surface area contributed by atoms with Crippen molar-refractivity contribution in [1.82, 2.24) is 4.90 Å². The number of allylic oxidation sites excluding steroid dienone is 2. The summed E-state index contributed by atoms with van der Waals surface area (Å²) in [5.74, 6) is -2.23. The normalized spacial score (nSPS) is 21.3. The molecule has 2 aromatic carbocycles. The van der Waals surface area contributed by atoms with Gasteiger partial charge in [-0.1, -0.05) is 37.1 Å². The first kappa shape index (κ1) is 23.6. The topological polar surface area (TPSA) is 46.6 Å². The van der Waals surface area contributed by atoms with Crippen molar-refractivity contribution < 1.29 is 31.9 Å². The number of hydrogen-bond donors (Lipinski definition) is 0. The third kappa shape index (κ3) is 4.13. The zero-order valence-corrected chi connectivity index (χ0v) is 19.0. The lowest BCUT2D eigenvalue weighted by Crippen LogP contribution is -2.58. The molecule has 1 heterocycles. The first-order valence-corrected chi connectivity index (χ1v) is 11.9. The molecule has 35 heavy (non-hydrogen) atoms. The van der Waals surface area contributed by atoms with E-state index in [0.29, 0.717) is 42.2 Å². The van der Waals surface area contributed by atoms with Crippen LogP contribution in [-0.2, 0) is 22.3 Å². The molecule has 0 bridgehead atoms. The molecule has 0 saturated heterocycles. The summed E-state index contributed by atoms with van der Waals surface area (Å²) in [4.78, 5) is 28.9. The molecule has 0 N–H and O–H groups in total. The Kier molecular flexibility index (Phi) is 5.93. The molecule has 1 amide bonds. The Morgan fingerprint density at radius 2 is 1.83 bits per heavy atom. The number of halogens is 4. The first-order valence-electron chi connectivity index (χ1n) is 11.9. The van der Waals surface area contributed by atoms with E-state index in [1.54, 1.807) is 29.2 Å². The van der Waals surface area contributed by atoms with Gasteiger partial charge < -0.3 is 9.64 Å². The second-order valence-electron chi connectivity index (χ2n) is 9.52. The Morgan fingerprint density at radius 1 is 1.09 bits per heavy atom. The summed E-state index contributed by atoms with van der Waals surface area (Å²) in [5.41, 5.74) is -1.03. The van der Waals surface area contributed by atoms with E-state index in [9.17, 15) is 27.2 Å². The Hall–Kier alpha value is -3.16. The predicted molar refractivity (Wildman–Crippen MR) is 120 cm³/mol. The number of carbonyl (C=O) groups excluding carboxylic acids is 2. The predicted octanol–water partition coefficient (Wildman–Crippen LogP) is 6.51. The zero-order valence-electron chi connectivity index (χ0n) is 19.0. The third-order valence-electron chi connectivity index (χ3n) is 7.44. The zero-order chi connectivity index (χ0) is 24.8. The molecule has 1 atom stereocenters. The van der Waals surface area contributed by atoms with Crippen LogP contribution in [-0.4, -0.2) is 22.3 Å². The van der Waals surface area contributed by atoms with Crippen molar-refractivity contribution in [3.8, 4) is 0 Å². The van der Waals surface area contributed by atoms with E-state index >= 15 is 0 Å². The maximum absolute atomic E-state index is 14.3. The first-order chi connectivity index (χ1) is 16.7. The van der Waals surface area contributed by atoms with E-state index in [0.717, 1.165) is 31.7 Å². The number of amides is 1. The summed E-state index contributed by atoms with van der Waals surface area (Å²) in [5, 5.41) is 0. The van der Waals surface area contributed by atoms with Crippen LogP contribution in [0.4, 0.5) is 17.6 Å². The van der Waals surface area contributed by atoms with Crippen molar-refractivity contribution in [2.75, 3.05) is 0 Å². The number of carbonyl (C=O) groups is 2. The average molecular weight is 487 g/mol. The lowest BCUT2D eigenvalue weighted by molar-refractivity contribution is -0.146. The van der Waals surface area contributed by atoms with Crippen LogP contribution in [0.25, 0.3) is 0 Å². The van der Waals surface area contributed by atoms with E-state index in [-0.39, 0.29) is 18.0 Å². The largest absolute Gasteiger partial charge is 0.431 e. The molecular formula is C27H25F4NO3. The van der Waals surface area contributed by atoms with Gasteiger partial charge in [-0.3, -0.25) is 9.59 Å². The molecule has 1 fully saturated rings. The van der Waals surface area contributed by atoms with E-state index in [1.165, 1.54) is 6.07 Å². The van der Waals surface area contributed by atoms with Crippen LogP contribution in [0.3, 0.4) is 0 Å². The van der Waals surface area contributed by atoms with Crippen LogP contribution in [0, 0.1) is 5.82 Å². The highest BCUT2D eigenvalue weighted by Crippen LogP contribution is 2.51. The lowest BCUT2D eigenvalue weighted by atomic mass is 9.71. The minimum absolute atomic E-state index is 0.102. The van der Waals surface area contributed by atoms with Crippen molar-refractivity contribution in [2.45, 2.75) is 69.1 Å². The number of fused-ring (bicyclic) bond motifs is 1. The molecule has 5 rings (SSSR count). The van der Waals surface area contributed by atoms with Gasteiger partial charge in [0.25, 0.3) is 5.91 Å². The number of hydrogen-bond acceptors (Lipinski definition) is 3. The number of nitrogens with zero attached hydrogens (tertiary/aromatic N) is 1. The molecule has 1 spiro atoms. The summed E-state index contributed by atoms with van der Waals surface area (Å²) < 4.78 is 59.3. The lowest BCUT2D eigenvalue weighted by Gasteiger charge is -2.49. The summed E-state index contributed by atoms with van der Waals surface area (Å²) >= 11 is 0. The standard InChI is InChI=1S/C27H25F4NO3/c28-22-15-17(11-12-21(22)27(29,30)31)16-32-24(33)20-10-4-3-9-19(20)23(26(32)13-5-6-14-26)25(34)35-18-7-1-2-8-18/h3-4,7,9-12,15,23H,1-2,5-6,8,13-14,16H2. The molecule has 3 aliphatic rings. The van der Waals surface area contributed by atoms with Crippen molar-refractivity contribution in [1.29, 1.82) is 0 Å². The van der Waals surface area contributed by atoms with Gasteiger partial charge in [0.15, 0.2) is 0 Å². The highest BCUT2D eigenvalue weighted by Gasteiger charge is 2.56. The van der Waals surface area contributed by atoms with E-state index < -0.39 is 35.0 Å². The molecule has 4 nitrogen and oxygen atoms in total. The van der Waals surface area contributed by atoms with Gasteiger partial charge in [0.2, 0.25) is 0 Å². The number of ether oxygens (including phenoxy) is 1. The molecule has 0 radical (unpaired) electrons. The average Bonchev–Trinajstić information content (AvgIpc) is 3.49. The van der Waals surface area contributed by atoms with Crippen LogP contribution >= 0.6 is 0 Å². The number of esters is 1. The Labute approximate surface area is 200 Å². The quantitative estimate of drug-likeness (QED) is 0.365. The number of benzene rings is 2. The van der Waals surface area contributed by atoms with Gasteiger partial charge in [0.05, 0.1) is 11.1 Å². The van der Waals surface area contributed by atoms with E-state index in [4.69, 9.17) is 4.74 Å². The van der Waals surface area contributed by atoms with Gasteiger partial charge in [0, 0.05) is 18.5 Å². The molecule has 1 saturated carbocycles. The highest BCUT2D eigenvalue weighted by atomic mass is 19.4. The van der Waals surface area contributed by atoms with Crippen LogP contribution in [0.5, 0.6) is 0 Å². The molecule has 1 unspecified atom stereocenters. The van der Waals surface area contributed by atoms with Gasteiger partial charge in [-0.25, -0.2) is 4.39 Å². The van der Waals surface area contributed by atoms with Crippen LogP contribution in [0.2, 0.25) is 0 Å². The van der Waals surface area contributed by atoms with Gasteiger partial charge >= 0.3 is 12.1 Å². The van der Waals surface area contributed by atoms with Gasteiger partial charge in [-0.15, -0.1) is 0 Å². The van der Waals surface area contributed by atoms with E-state index in [1.807, 2.05) is 6.08 Å². The third-order valence-corrected chi connectivity index (χ3v) is 7.44. The van der Waals surface area contributed by atoms with Crippen LogP contribution in [0.15, 0.2) is 54.3 Å². The fraction of sp³-hybridized carbons (Fsp3) is 0.407. The second kappa shape index (κ2) is 8.81. The molecule has 184 valence electrons. The molecule has 2 aliphatic carbocycles. The highest BCUT2D eigenvalue weighted by molar-refractivity contribution is 6.01. The monoisotopic (exact) mass is 487 g/mol. The maximum Gasteiger partial charge on any atom is 0.419 e. The number of rotatable bonds is 4. The minimum Gasteiger partial charge on any atom is -0.431 e. The van der Waals surface area contributed by atoms with Gasteiger partial charge in [0.1, 0.15) is 17.5 Å². The number of alkyl halides is 3. The molecule has 2 aromatic rings. The Bertz CT molecular complexity index is 1200. The molecule has 8 heteroatoms. The summed E-state index contributed by atoms with van der Waals surface area (Å²) in [7, 11) is 0. The smallest absolute Gasteiger partial charge is 0.419 e. The second-order valence-corrected chi connectivity index (χ2v) is 9.52. The Morgan fingerprint density at radius 3 is 2.49 bits per heavy atom. The summed E-state index contributed by atoms with van der Waals surface area (Å²) in [6.07, 6.45) is 2.23. The summed E-state index contributed by atoms with van der Waals surface area (Å²) in [6.45, 7) is -0.102. The molecule has 1 aliphatic heterocycles. The van der Waals surface area contributed by atoms with Gasteiger partial charge in [-0.2, -0.15) is 13.2 Å². The van der Waals surface area contributed by atoms with Crippen molar-refractivity contribution in [3.05, 3.63) is 82.4 Å². The van der Waals surface area contributed by atoms with Crippen LogP contribution < -0.4 is 0 Å². The molecular weight excluding hydrogens is 462 g/mol. The molecule has 0 aromatic heterocycles. The fourth-order valence-corrected chi connectivity index (χ4v) is 5.85.